The van der Waals surface area contributed by atoms with Crippen LogP contribution in [0.25, 0.3) is 21.9 Å². The van der Waals surface area contributed by atoms with E-state index in [9.17, 15) is 0 Å². The second-order valence-electron chi connectivity index (χ2n) is 6.36. The molecule has 0 aliphatic rings. The van der Waals surface area contributed by atoms with Crippen molar-refractivity contribution in [2.45, 2.75) is 19.6 Å². The fourth-order valence-electron chi connectivity index (χ4n) is 2.75. The van der Waals surface area contributed by atoms with Gasteiger partial charge in [0.15, 0.2) is 0 Å². The smallest absolute Gasteiger partial charge is 0.0656 e. The van der Waals surface area contributed by atoms with E-state index in [0.717, 1.165) is 0 Å². The lowest BCUT2D eigenvalue weighted by atomic mass is 10.0. The van der Waals surface area contributed by atoms with Crippen LogP contribution in [0.3, 0.4) is 0 Å². The van der Waals surface area contributed by atoms with Gasteiger partial charge < -0.3 is 0 Å². The van der Waals surface area contributed by atoms with E-state index in [4.69, 9.17) is 0 Å². The Kier molecular flexibility index (Phi) is 3.23. The molecule has 3 aromatic rings. The number of hydrogen-bond acceptors (Lipinski definition) is 0. The van der Waals surface area contributed by atoms with Gasteiger partial charge in [0.05, 0.1) is 8.07 Å². The normalized spacial score (nSPS) is 11.8. The molecule has 0 bridgehead atoms. The minimum absolute atomic E-state index is 1.31. The van der Waals surface area contributed by atoms with Gasteiger partial charge in [-0.25, -0.2) is 0 Å². The predicted molar refractivity (Wildman–Crippen MR) is 92.4 cm³/mol. The molecule has 100 valence electrons. The van der Waals surface area contributed by atoms with Crippen molar-refractivity contribution < 1.29 is 0 Å². The molecule has 1 heteroatoms. The SMILES string of the molecule is C[Si](C)(C)c1ccccc1-c1ccc2ccccc2c1. The van der Waals surface area contributed by atoms with E-state index in [1.165, 1.54) is 27.1 Å². The van der Waals surface area contributed by atoms with Crippen LogP contribution >= 0.6 is 0 Å². The fourth-order valence-corrected chi connectivity index (χ4v) is 4.38. The molecule has 0 saturated heterocycles. The average Bonchev–Trinajstić information content (AvgIpc) is 2.46. The summed E-state index contributed by atoms with van der Waals surface area (Å²) >= 11 is 0. The molecule has 0 radical (unpaired) electrons. The van der Waals surface area contributed by atoms with Crippen LogP contribution in [0.4, 0.5) is 0 Å². The number of benzene rings is 3. The van der Waals surface area contributed by atoms with Crippen molar-refractivity contribution in [3.05, 3.63) is 66.7 Å². The topological polar surface area (TPSA) is 0 Å². The van der Waals surface area contributed by atoms with Crippen molar-refractivity contribution in [2.75, 3.05) is 0 Å². The third-order valence-electron chi connectivity index (χ3n) is 3.80. The minimum Gasteiger partial charge on any atom is -0.0656 e. The zero-order valence-electron chi connectivity index (χ0n) is 12.4. The Bertz CT molecular complexity index is 751. The Morgan fingerprint density at radius 2 is 1.30 bits per heavy atom. The quantitative estimate of drug-likeness (QED) is 0.574. The predicted octanol–water partition coefficient (Wildman–Crippen LogP) is 5.05. The molecule has 0 heterocycles. The highest BCUT2D eigenvalue weighted by Crippen LogP contribution is 2.25. The van der Waals surface area contributed by atoms with Crippen molar-refractivity contribution in [1.29, 1.82) is 0 Å². The molecule has 0 fully saturated rings. The van der Waals surface area contributed by atoms with Gasteiger partial charge in [0.2, 0.25) is 0 Å². The molecular weight excluding hydrogens is 256 g/mol. The molecule has 0 unspecified atom stereocenters. The van der Waals surface area contributed by atoms with Crippen molar-refractivity contribution in [2.24, 2.45) is 0 Å². The zero-order valence-corrected chi connectivity index (χ0v) is 13.4. The maximum absolute atomic E-state index is 2.41. The van der Waals surface area contributed by atoms with Crippen molar-refractivity contribution in [3.8, 4) is 11.1 Å². The molecule has 3 aromatic carbocycles. The van der Waals surface area contributed by atoms with E-state index >= 15 is 0 Å². The Balaban J connectivity index is 2.21. The van der Waals surface area contributed by atoms with Gasteiger partial charge in [-0.15, -0.1) is 0 Å². The Hall–Kier alpha value is -1.86. The van der Waals surface area contributed by atoms with Crippen LogP contribution in [0, 0.1) is 0 Å². The molecule has 0 aliphatic carbocycles. The maximum atomic E-state index is 2.41. The largest absolute Gasteiger partial charge is 0.0784 e. The zero-order chi connectivity index (χ0) is 14.2. The lowest BCUT2D eigenvalue weighted by molar-refractivity contribution is 1.63. The van der Waals surface area contributed by atoms with Crippen LogP contribution in [0.5, 0.6) is 0 Å². The second-order valence-corrected chi connectivity index (χ2v) is 11.4. The molecule has 0 amide bonds. The molecule has 0 aliphatic heterocycles. The summed E-state index contributed by atoms with van der Waals surface area (Å²) in [5.74, 6) is 0. The van der Waals surface area contributed by atoms with Gasteiger partial charge in [0.25, 0.3) is 0 Å². The summed E-state index contributed by atoms with van der Waals surface area (Å²) in [5, 5.41) is 4.16. The molecular formula is C19H20Si. The van der Waals surface area contributed by atoms with Gasteiger partial charge in [0.1, 0.15) is 0 Å². The minimum atomic E-state index is -1.33. The number of hydrogen-bond donors (Lipinski definition) is 0. The van der Waals surface area contributed by atoms with Gasteiger partial charge in [0, 0.05) is 0 Å². The summed E-state index contributed by atoms with van der Waals surface area (Å²) in [6.07, 6.45) is 0. The standard InChI is InChI=1S/C19H20Si/c1-20(2,3)19-11-7-6-10-18(19)17-13-12-15-8-4-5-9-16(15)14-17/h4-14H,1-3H3. The first-order valence-electron chi connectivity index (χ1n) is 7.14. The highest BCUT2D eigenvalue weighted by atomic mass is 28.3. The summed E-state index contributed by atoms with van der Waals surface area (Å²) in [7, 11) is -1.33. The molecule has 3 rings (SSSR count). The summed E-state index contributed by atoms with van der Waals surface area (Å²) in [5.41, 5.74) is 2.74. The highest BCUT2D eigenvalue weighted by Gasteiger charge is 2.20. The van der Waals surface area contributed by atoms with Gasteiger partial charge in [-0.3, -0.25) is 0 Å². The third kappa shape index (κ3) is 2.41. The van der Waals surface area contributed by atoms with Gasteiger partial charge in [-0.1, -0.05) is 85.5 Å². The van der Waals surface area contributed by atoms with Gasteiger partial charge >= 0.3 is 0 Å². The second kappa shape index (κ2) is 4.91. The van der Waals surface area contributed by atoms with Crippen LogP contribution in [0.15, 0.2) is 66.7 Å². The molecule has 0 aromatic heterocycles. The van der Waals surface area contributed by atoms with Gasteiger partial charge in [-0.2, -0.15) is 0 Å². The molecule has 0 nitrogen and oxygen atoms in total. The van der Waals surface area contributed by atoms with Gasteiger partial charge in [-0.05, 0) is 28.0 Å². The van der Waals surface area contributed by atoms with E-state index in [1.54, 1.807) is 0 Å². The summed E-state index contributed by atoms with van der Waals surface area (Å²) in [6.45, 7) is 7.23. The van der Waals surface area contributed by atoms with Crippen molar-refractivity contribution in [3.63, 3.8) is 0 Å². The third-order valence-corrected chi connectivity index (χ3v) is 5.85. The van der Waals surface area contributed by atoms with Crippen molar-refractivity contribution >= 4 is 24.0 Å². The van der Waals surface area contributed by atoms with E-state index in [2.05, 4.69) is 86.4 Å². The monoisotopic (exact) mass is 276 g/mol. The summed E-state index contributed by atoms with van der Waals surface area (Å²) in [4.78, 5) is 0. The van der Waals surface area contributed by atoms with E-state index in [-0.39, 0.29) is 0 Å². The summed E-state index contributed by atoms with van der Waals surface area (Å²) < 4.78 is 0. The van der Waals surface area contributed by atoms with Crippen LogP contribution in [-0.4, -0.2) is 8.07 Å². The molecule has 0 spiro atoms. The van der Waals surface area contributed by atoms with Crippen LogP contribution < -0.4 is 5.19 Å². The summed E-state index contributed by atoms with van der Waals surface area (Å²) in [6, 6.07) is 24.2. The van der Waals surface area contributed by atoms with Crippen LogP contribution in [0.1, 0.15) is 0 Å². The van der Waals surface area contributed by atoms with Crippen molar-refractivity contribution in [1.82, 2.24) is 0 Å². The Morgan fingerprint density at radius 1 is 0.650 bits per heavy atom. The lowest BCUT2D eigenvalue weighted by Crippen LogP contribution is -2.38. The molecule has 20 heavy (non-hydrogen) atoms. The highest BCUT2D eigenvalue weighted by molar-refractivity contribution is 6.89. The lowest BCUT2D eigenvalue weighted by Gasteiger charge is -2.21. The molecule has 0 saturated carbocycles. The number of fused-ring (bicyclic) bond motifs is 1. The maximum Gasteiger partial charge on any atom is 0.0784 e. The fraction of sp³-hybridized carbons (Fsp3) is 0.158. The van der Waals surface area contributed by atoms with Crippen LogP contribution in [-0.2, 0) is 0 Å². The first-order valence-corrected chi connectivity index (χ1v) is 10.6. The van der Waals surface area contributed by atoms with E-state index in [1.807, 2.05) is 0 Å². The first-order chi connectivity index (χ1) is 9.55. The molecule has 0 atom stereocenters. The van der Waals surface area contributed by atoms with E-state index < -0.39 is 8.07 Å². The van der Waals surface area contributed by atoms with E-state index in [0.29, 0.717) is 0 Å². The number of rotatable bonds is 2. The first kappa shape index (κ1) is 13.1. The average molecular weight is 276 g/mol. The Morgan fingerprint density at radius 3 is 2.05 bits per heavy atom. The molecule has 0 N–H and O–H groups in total. The Labute approximate surface area is 122 Å². The van der Waals surface area contributed by atoms with Crippen LogP contribution in [0.2, 0.25) is 19.6 Å².